The van der Waals surface area contributed by atoms with Gasteiger partial charge in [-0.05, 0) is 31.5 Å². The van der Waals surface area contributed by atoms with E-state index in [1.807, 2.05) is 30.3 Å². The summed E-state index contributed by atoms with van der Waals surface area (Å²) in [6.45, 7) is 3.52. The molecule has 1 aliphatic rings. The number of piperidine rings is 1. The van der Waals surface area contributed by atoms with Crippen LogP contribution in [0.5, 0.6) is 0 Å². The van der Waals surface area contributed by atoms with Crippen molar-refractivity contribution in [3.63, 3.8) is 0 Å². The number of nitrogens with one attached hydrogen (secondary N) is 1. The average Bonchev–Trinajstić information content (AvgIpc) is 2.47. The molecule has 0 unspecified atom stereocenters. The lowest BCUT2D eigenvalue weighted by Crippen LogP contribution is -2.40. The van der Waals surface area contributed by atoms with Gasteiger partial charge in [0.05, 0.1) is 0 Å². The van der Waals surface area contributed by atoms with E-state index in [9.17, 15) is 4.79 Å². The Hall–Kier alpha value is -0.770. The minimum Gasteiger partial charge on any atom is -0.352 e. The summed E-state index contributed by atoms with van der Waals surface area (Å²) < 4.78 is 0. The van der Waals surface area contributed by atoms with E-state index in [0.717, 1.165) is 38.0 Å². The zero-order chi connectivity index (χ0) is 13.5. The van der Waals surface area contributed by atoms with Gasteiger partial charge in [-0.1, -0.05) is 30.3 Å². The second kappa shape index (κ2) is 9.22. The van der Waals surface area contributed by atoms with E-state index in [2.05, 4.69) is 10.2 Å². The van der Waals surface area contributed by atoms with Crippen molar-refractivity contribution in [1.29, 1.82) is 0 Å². The summed E-state index contributed by atoms with van der Waals surface area (Å²) in [5.74, 6) is 1.02. The monoisotopic (exact) mass is 316 g/mol. The number of carbonyl (C=O) groups excluding carboxylic acids is 1. The van der Waals surface area contributed by atoms with Crippen LogP contribution in [0.15, 0.2) is 30.3 Å². The van der Waals surface area contributed by atoms with Gasteiger partial charge in [0.1, 0.15) is 0 Å². The maximum Gasteiger partial charge on any atom is 0.223 e. The molecule has 2 rings (SSSR count). The molecule has 1 aromatic carbocycles. The molecule has 0 aliphatic carbocycles. The molecule has 0 aromatic heterocycles. The maximum atomic E-state index is 12.1. The van der Waals surface area contributed by atoms with Gasteiger partial charge >= 0.3 is 0 Å². The molecule has 5 heteroatoms. The highest BCUT2D eigenvalue weighted by Gasteiger charge is 2.24. The highest BCUT2D eigenvalue weighted by atomic mass is 35.5. The largest absolute Gasteiger partial charge is 0.352 e. The van der Waals surface area contributed by atoms with Crippen LogP contribution in [-0.2, 0) is 11.3 Å². The number of likely N-dealkylation sites (tertiary alicyclic amines) is 1. The first kappa shape index (κ1) is 17.3. The summed E-state index contributed by atoms with van der Waals surface area (Å²) in [7, 11) is 0. The van der Waals surface area contributed by atoms with Gasteiger partial charge in [0.2, 0.25) is 5.91 Å². The lowest BCUT2D eigenvalue weighted by Gasteiger charge is -2.30. The molecule has 0 saturated carbocycles. The summed E-state index contributed by atoms with van der Waals surface area (Å²) in [6.07, 6.45) is 1.88. The standard InChI is InChI=1S/C15H21ClN2O.ClH/c16-8-11-18-9-6-14(7-10-18)15(19)17-12-13-4-2-1-3-5-13;/h1-5,14H,6-12H2,(H,17,19);1H. The third-order valence-corrected chi connectivity index (χ3v) is 3.84. The van der Waals surface area contributed by atoms with Gasteiger partial charge in [0.15, 0.2) is 0 Å². The SMILES string of the molecule is Cl.O=C(NCc1ccccc1)C1CCN(CCCl)CC1. The van der Waals surface area contributed by atoms with Crippen LogP contribution in [0.3, 0.4) is 0 Å². The zero-order valence-electron chi connectivity index (χ0n) is 11.6. The molecule has 1 heterocycles. The highest BCUT2D eigenvalue weighted by molar-refractivity contribution is 6.18. The van der Waals surface area contributed by atoms with Crippen LogP contribution >= 0.6 is 24.0 Å². The number of hydrogen-bond acceptors (Lipinski definition) is 2. The number of halogens is 2. The molecule has 112 valence electrons. The number of hydrogen-bond donors (Lipinski definition) is 1. The first-order chi connectivity index (χ1) is 9.29. The molecule has 0 atom stereocenters. The van der Waals surface area contributed by atoms with E-state index >= 15 is 0 Å². The Morgan fingerprint density at radius 2 is 1.90 bits per heavy atom. The van der Waals surface area contributed by atoms with Gasteiger partial charge in [-0.25, -0.2) is 0 Å². The van der Waals surface area contributed by atoms with Crippen molar-refractivity contribution < 1.29 is 4.79 Å². The Balaban J connectivity index is 0.00000200. The molecular formula is C15H22Cl2N2O. The molecule has 3 nitrogen and oxygen atoms in total. The van der Waals surface area contributed by atoms with Gasteiger partial charge in [-0.15, -0.1) is 24.0 Å². The van der Waals surface area contributed by atoms with Crippen LogP contribution < -0.4 is 5.32 Å². The molecule has 1 amide bonds. The molecule has 1 N–H and O–H groups in total. The first-order valence-corrected chi connectivity index (χ1v) is 7.43. The van der Waals surface area contributed by atoms with E-state index in [1.54, 1.807) is 0 Å². The van der Waals surface area contributed by atoms with Gasteiger partial charge in [0.25, 0.3) is 0 Å². The second-order valence-electron chi connectivity index (χ2n) is 5.01. The van der Waals surface area contributed by atoms with Crippen molar-refractivity contribution in [2.75, 3.05) is 25.5 Å². The predicted molar refractivity (Wildman–Crippen MR) is 85.4 cm³/mol. The fourth-order valence-corrected chi connectivity index (χ4v) is 2.71. The number of benzene rings is 1. The van der Waals surface area contributed by atoms with Crippen LogP contribution in [0.25, 0.3) is 0 Å². The lowest BCUT2D eigenvalue weighted by molar-refractivity contribution is -0.126. The Kier molecular flexibility index (Phi) is 7.97. The van der Waals surface area contributed by atoms with Crippen LogP contribution in [0.1, 0.15) is 18.4 Å². The molecular weight excluding hydrogens is 295 g/mol. The van der Waals surface area contributed by atoms with Crippen molar-refractivity contribution in [2.24, 2.45) is 5.92 Å². The van der Waals surface area contributed by atoms with Crippen LogP contribution in [0.2, 0.25) is 0 Å². The van der Waals surface area contributed by atoms with E-state index in [-0.39, 0.29) is 24.2 Å². The number of amides is 1. The summed E-state index contributed by atoms with van der Waals surface area (Å²) in [5.41, 5.74) is 1.15. The Labute approximate surface area is 132 Å². The minimum atomic E-state index is 0. The molecule has 1 saturated heterocycles. The van der Waals surface area contributed by atoms with Crippen molar-refractivity contribution in [3.8, 4) is 0 Å². The van der Waals surface area contributed by atoms with Crippen LogP contribution in [0, 0.1) is 5.92 Å². The maximum absolute atomic E-state index is 12.1. The van der Waals surface area contributed by atoms with Gasteiger partial charge in [0, 0.05) is 24.9 Å². The van der Waals surface area contributed by atoms with Crippen molar-refractivity contribution in [3.05, 3.63) is 35.9 Å². The normalized spacial score (nSPS) is 16.4. The Morgan fingerprint density at radius 1 is 1.25 bits per heavy atom. The number of nitrogens with zero attached hydrogens (tertiary/aromatic N) is 1. The fraction of sp³-hybridized carbons (Fsp3) is 0.533. The van der Waals surface area contributed by atoms with Crippen LogP contribution in [0.4, 0.5) is 0 Å². The smallest absolute Gasteiger partial charge is 0.223 e. The second-order valence-corrected chi connectivity index (χ2v) is 5.39. The predicted octanol–water partition coefficient (Wildman–Crippen LogP) is 2.68. The number of rotatable bonds is 5. The first-order valence-electron chi connectivity index (χ1n) is 6.89. The molecule has 20 heavy (non-hydrogen) atoms. The minimum absolute atomic E-state index is 0. The fourth-order valence-electron chi connectivity index (χ4n) is 2.47. The van der Waals surface area contributed by atoms with Crippen molar-refractivity contribution >= 4 is 29.9 Å². The summed E-state index contributed by atoms with van der Waals surface area (Å²) >= 11 is 5.73. The van der Waals surface area contributed by atoms with E-state index < -0.39 is 0 Å². The summed E-state index contributed by atoms with van der Waals surface area (Å²) in [6, 6.07) is 10.0. The third kappa shape index (κ3) is 5.31. The van der Waals surface area contributed by atoms with Crippen molar-refractivity contribution in [1.82, 2.24) is 10.2 Å². The number of carbonyl (C=O) groups is 1. The topological polar surface area (TPSA) is 32.3 Å². The molecule has 0 bridgehead atoms. The van der Waals surface area contributed by atoms with Crippen molar-refractivity contribution in [2.45, 2.75) is 19.4 Å². The summed E-state index contributed by atoms with van der Waals surface area (Å²) in [5, 5.41) is 3.03. The van der Waals surface area contributed by atoms with Gasteiger partial charge in [-0.3, -0.25) is 4.79 Å². The van der Waals surface area contributed by atoms with Gasteiger partial charge < -0.3 is 10.2 Å². The Morgan fingerprint density at radius 3 is 2.50 bits per heavy atom. The van der Waals surface area contributed by atoms with E-state index in [1.165, 1.54) is 0 Å². The molecule has 0 radical (unpaired) electrons. The molecule has 1 aliphatic heterocycles. The molecule has 0 spiro atoms. The lowest BCUT2D eigenvalue weighted by atomic mass is 9.96. The molecule has 1 aromatic rings. The Bertz CT molecular complexity index is 392. The highest BCUT2D eigenvalue weighted by Crippen LogP contribution is 2.17. The van der Waals surface area contributed by atoms with Gasteiger partial charge in [-0.2, -0.15) is 0 Å². The van der Waals surface area contributed by atoms with E-state index in [0.29, 0.717) is 12.4 Å². The zero-order valence-corrected chi connectivity index (χ0v) is 13.1. The average molecular weight is 317 g/mol. The van der Waals surface area contributed by atoms with E-state index in [4.69, 9.17) is 11.6 Å². The third-order valence-electron chi connectivity index (χ3n) is 3.67. The number of alkyl halides is 1. The molecule has 1 fully saturated rings. The quantitative estimate of drug-likeness (QED) is 0.847. The summed E-state index contributed by atoms with van der Waals surface area (Å²) in [4.78, 5) is 14.4. The van der Waals surface area contributed by atoms with Crippen LogP contribution in [-0.4, -0.2) is 36.3 Å².